The number of hydrogen-bond acceptors (Lipinski definition) is 4. The molecule has 1 heterocycles. The highest BCUT2D eigenvalue weighted by Crippen LogP contribution is 2.25. The largest absolute Gasteiger partial charge is 0.484 e. The summed E-state index contributed by atoms with van der Waals surface area (Å²) in [5.74, 6) is 1.04. The summed E-state index contributed by atoms with van der Waals surface area (Å²) >= 11 is 5.82. The molecule has 1 amide bonds. The molecule has 2 aromatic carbocycles. The van der Waals surface area contributed by atoms with Gasteiger partial charge in [0.25, 0.3) is 5.91 Å². The number of nitrogens with one attached hydrogen (secondary N) is 2. The summed E-state index contributed by atoms with van der Waals surface area (Å²) in [6.07, 6.45) is 1.61. The van der Waals surface area contributed by atoms with Gasteiger partial charge < -0.3 is 15.4 Å². The van der Waals surface area contributed by atoms with E-state index in [-0.39, 0.29) is 12.5 Å². The minimum Gasteiger partial charge on any atom is -0.484 e. The molecule has 0 radical (unpaired) electrons. The molecule has 1 aromatic heterocycles. The number of benzene rings is 2. The smallest absolute Gasteiger partial charge is 0.262 e. The Kier molecular flexibility index (Phi) is 6.16. The zero-order valence-corrected chi connectivity index (χ0v) is 16.8. The summed E-state index contributed by atoms with van der Waals surface area (Å²) in [5.41, 5.74) is 5.21. The van der Waals surface area contributed by atoms with Crippen molar-refractivity contribution < 1.29 is 9.53 Å². The lowest BCUT2D eigenvalue weighted by Gasteiger charge is -2.13. The molecule has 0 bridgehead atoms. The summed E-state index contributed by atoms with van der Waals surface area (Å²) in [6, 6.07) is 14.7. The topological polar surface area (TPSA) is 63.2 Å². The van der Waals surface area contributed by atoms with Gasteiger partial charge in [0.15, 0.2) is 6.61 Å². The molecule has 3 rings (SSSR count). The van der Waals surface area contributed by atoms with Crippen LogP contribution in [-0.2, 0) is 4.79 Å². The number of ether oxygens (including phenoxy) is 1. The molecule has 6 heteroatoms. The van der Waals surface area contributed by atoms with Gasteiger partial charge in [0.1, 0.15) is 11.6 Å². The Morgan fingerprint density at radius 2 is 1.71 bits per heavy atom. The van der Waals surface area contributed by atoms with Gasteiger partial charge in [-0.2, -0.15) is 0 Å². The van der Waals surface area contributed by atoms with Crippen LogP contribution in [-0.4, -0.2) is 17.5 Å². The Balaban J connectivity index is 1.57. The van der Waals surface area contributed by atoms with Crippen LogP contribution in [0, 0.1) is 20.8 Å². The highest BCUT2D eigenvalue weighted by molar-refractivity contribution is 6.30. The molecule has 0 aliphatic carbocycles. The third kappa shape index (κ3) is 5.24. The fourth-order valence-corrected chi connectivity index (χ4v) is 3.05. The zero-order chi connectivity index (χ0) is 20.1. The van der Waals surface area contributed by atoms with Crippen LogP contribution in [0.2, 0.25) is 5.02 Å². The lowest BCUT2D eigenvalue weighted by molar-refractivity contribution is -0.118. The lowest BCUT2D eigenvalue weighted by atomic mass is 10.1. The average molecular weight is 396 g/mol. The predicted molar refractivity (Wildman–Crippen MR) is 114 cm³/mol. The van der Waals surface area contributed by atoms with Gasteiger partial charge in [-0.25, -0.2) is 4.98 Å². The van der Waals surface area contributed by atoms with Gasteiger partial charge in [0.05, 0.1) is 11.9 Å². The van der Waals surface area contributed by atoms with Gasteiger partial charge in [-0.05, 0) is 68.3 Å². The first-order valence-corrected chi connectivity index (χ1v) is 9.27. The molecular weight excluding hydrogens is 374 g/mol. The zero-order valence-electron chi connectivity index (χ0n) is 16.0. The van der Waals surface area contributed by atoms with Crippen molar-refractivity contribution in [3.05, 3.63) is 76.4 Å². The summed E-state index contributed by atoms with van der Waals surface area (Å²) < 4.78 is 5.43. The molecule has 0 atom stereocenters. The average Bonchev–Trinajstić information content (AvgIpc) is 2.65. The SMILES string of the molecule is Cc1cc(C)c(Nc2ccc(NC(=O)COc3ccc(Cl)cc3)cn2)c(C)c1. The van der Waals surface area contributed by atoms with E-state index in [1.807, 2.05) is 6.07 Å². The van der Waals surface area contributed by atoms with E-state index in [4.69, 9.17) is 16.3 Å². The maximum atomic E-state index is 12.0. The number of aromatic nitrogens is 1. The summed E-state index contributed by atoms with van der Waals surface area (Å²) in [6.45, 7) is 6.12. The first-order chi connectivity index (χ1) is 13.4. The number of amides is 1. The van der Waals surface area contributed by atoms with E-state index < -0.39 is 0 Å². The number of anilines is 3. The molecule has 2 N–H and O–H groups in total. The van der Waals surface area contributed by atoms with Crippen molar-refractivity contribution in [3.63, 3.8) is 0 Å². The predicted octanol–water partition coefficient (Wildman–Crippen LogP) is 5.42. The van der Waals surface area contributed by atoms with E-state index in [9.17, 15) is 4.79 Å². The molecule has 3 aromatic rings. The van der Waals surface area contributed by atoms with E-state index >= 15 is 0 Å². The number of nitrogens with zero attached hydrogens (tertiary/aromatic N) is 1. The summed E-state index contributed by atoms with van der Waals surface area (Å²) in [4.78, 5) is 16.4. The molecule has 0 unspecified atom stereocenters. The molecule has 0 aliphatic heterocycles. The monoisotopic (exact) mass is 395 g/mol. The quantitative estimate of drug-likeness (QED) is 0.584. The fraction of sp³-hybridized carbons (Fsp3) is 0.182. The number of carbonyl (C=O) groups excluding carboxylic acids is 1. The van der Waals surface area contributed by atoms with Gasteiger partial charge in [-0.1, -0.05) is 29.3 Å². The molecule has 0 saturated heterocycles. The fourth-order valence-electron chi connectivity index (χ4n) is 2.92. The number of aryl methyl sites for hydroxylation is 3. The Labute approximate surface area is 169 Å². The van der Waals surface area contributed by atoms with E-state index in [1.165, 1.54) is 5.56 Å². The van der Waals surface area contributed by atoms with Gasteiger partial charge in [-0.15, -0.1) is 0 Å². The Morgan fingerprint density at radius 3 is 2.32 bits per heavy atom. The minimum absolute atomic E-state index is 0.0939. The maximum Gasteiger partial charge on any atom is 0.262 e. The number of pyridine rings is 1. The molecule has 5 nitrogen and oxygen atoms in total. The molecule has 0 saturated carbocycles. The molecule has 0 aliphatic rings. The van der Waals surface area contributed by atoms with Crippen LogP contribution in [0.3, 0.4) is 0 Å². The Bertz CT molecular complexity index is 947. The molecule has 0 spiro atoms. The second kappa shape index (κ2) is 8.76. The first-order valence-electron chi connectivity index (χ1n) is 8.90. The van der Waals surface area contributed by atoms with Crippen molar-refractivity contribution in [1.29, 1.82) is 0 Å². The molecule has 0 fully saturated rings. The van der Waals surface area contributed by atoms with Crippen molar-refractivity contribution in [2.24, 2.45) is 0 Å². The van der Waals surface area contributed by atoms with Crippen LogP contribution in [0.25, 0.3) is 0 Å². The highest BCUT2D eigenvalue weighted by Gasteiger charge is 2.07. The second-order valence-corrected chi connectivity index (χ2v) is 7.06. The first kappa shape index (κ1) is 19.7. The van der Waals surface area contributed by atoms with Crippen molar-refractivity contribution in [2.75, 3.05) is 17.2 Å². The minimum atomic E-state index is -0.261. The normalized spacial score (nSPS) is 10.4. The van der Waals surface area contributed by atoms with Crippen LogP contribution < -0.4 is 15.4 Å². The van der Waals surface area contributed by atoms with Gasteiger partial charge in [-0.3, -0.25) is 4.79 Å². The van der Waals surface area contributed by atoms with E-state index in [0.717, 1.165) is 16.8 Å². The van der Waals surface area contributed by atoms with Crippen molar-refractivity contribution >= 4 is 34.7 Å². The Hall–Kier alpha value is -3.05. The third-order valence-corrected chi connectivity index (χ3v) is 4.41. The standard InChI is InChI=1S/C22H22ClN3O2/c1-14-10-15(2)22(16(3)11-14)26-20-9-6-18(12-24-20)25-21(27)13-28-19-7-4-17(23)5-8-19/h4-12H,13H2,1-3H3,(H,24,26)(H,25,27). The second-order valence-electron chi connectivity index (χ2n) is 6.62. The number of rotatable bonds is 6. The van der Waals surface area contributed by atoms with Crippen LogP contribution in [0.4, 0.5) is 17.2 Å². The van der Waals surface area contributed by atoms with E-state index in [2.05, 4.69) is 48.5 Å². The highest BCUT2D eigenvalue weighted by atomic mass is 35.5. The lowest BCUT2D eigenvalue weighted by Crippen LogP contribution is -2.20. The number of carbonyl (C=O) groups is 1. The van der Waals surface area contributed by atoms with Crippen molar-refractivity contribution in [1.82, 2.24) is 4.98 Å². The van der Waals surface area contributed by atoms with Crippen LogP contribution in [0.1, 0.15) is 16.7 Å². The molecular formula is C22H22ClN3O2. The van der Waals surface area contributed by atoms with Crippen LogP contribution >= 0.6 is 11.6 Å². The number of halogens is 1. The van der Waals surface area contributed by atoms with Crippen LogP contribution in [0.15, 0.2) is 54.7 Å². The van der Waals surface area contributed by atoms with Crippen molar-refractivity contribution in [2.45, 2.75) is 20.8 Å². The van der Waals surface area contributed by atoms with Gasteiger partial charge in [0, 0.05) is 10.7 Å². The maximum absolute atomic E-state index is 12.0. The number of hydrogen-bond donors (Lipinski definition) is 2. The van der Waals surface area contributed by atoms with Crippen molar-refractivity contribution in [3.8, 4) is 5.75 Å². The molecule has 144 valence electrons. The van der Waals surface area contributed by atoms with Gasteiger partial charge >= 0.3 is 0 Å². The van der Waals surface area contributed by atoms with E-state index in [1.54, 1.807) is 36.5 Å². The van der Waals surface area contributed by atoms with E-state index in [0.29, 0.717) is 22.3 Å². The molecule has 28 heavy (non-hydrogen) atoms. The third-order valence-electron chi connectivity index (χ3n) is 4.16. The van der Waals surface area contributed by atoms with Crippen LogP contribution in [0.5, 0.6) is 5.75 Å². The summed E-state index contributed by atoms with van der Waals surface area (Å²) in [5, 5.41) is 6.72. The van der Waals surface area contributed by atoms with Gasteiger partial charge in [0.2, 0.25) is 0 Å². The summed E-state index contributed by atoms with van der Waals surface area (Å²) in [7, 11) is 0. The Morgan fingerprint density at radius 1 is 1.04 bits per heavy atom.